The van der Waals surface area contributed by atoms with Crippen molar-refractivity contribution in [2.75, 3.05) is 10.6 Å². The summed E-state index contributed by atoms with van der Waals surface area (Å²) in [5.41, 5.74) is 2.84. The number of fused-ring (bicyclic) bond motifs is 1. The van der Waals surface area contributed by atoms with Gasteiger partial charge in [0.05, 0.1) is 11.4 Å². The summed E-state index contributed by atoms with van der Waals surface area (Å²) in [4.78, 5) is 34.5. The van der Waals surface area contributed by atoms with Gasteiger partial charge in [0.15, 0.2) is 10.9 Å². The summed E-state index contributed by atoms with van der Waals surface area (Å²) in [7, 11) is 0. The minimum Gasteiger partial charge on any atom is -0.451 e. The van der Waals surface area contributed by atoms with Crippen LogP contribution in [0.3, 0.4) is 0 Å². The molecule has 0 fully saturated rings. The summed E-state index contributed by atoms with van der Waals surface area (Å²) in [5.74, 6) is -0.0158. The molecule has 0 atom stereocenters. The number of anilines is 2. The molecule has 2 heterocycles. The van der Waals surface area contributed by atoms with Crippen LogP contribution in [0.25, 0.3) is 11.0 Å². The predicted molar refractivity (Wildman–Crippen MR) is 137 cm³/mol. The quantitative estimate of drug-likeness (QED) is 0.218. The number of nitrogens with one attached hydrogen (secondary N) is 2. The van der Waals surface area contributed by atoms with E-state index < -0.39 is 5.91 Å². The molecular weight excluding hydrogens is 460 g/mol. The van der Waals surface area contributed by atoms with Gasteiger partial charge in [-0.3, -0.25) is 9.59 Å². The summed E-state index contributed by atoms with van der Waals surface area (Å²) in [5, 5.41) is 7.22. The first-order valence-electron chi connectivity index (χ1n) is 10.9. The highest BCUT2D eigenvalue weighted by molar-refractivity contribution is 7.98. The molecule has 2 amide bonds. The maximum atomic E-state index is 13.4. The van der Waals surface area contributed by atoms with E-state index in [9.17, 15) is 9.59 Å². The number of amides is 2. The van der Waals surface area contributed by atoms with Gasteiger partial charge in [0.1, 0.15) is 5.58 Å². The number of aromatic nitrogens is 2. The topological polar surface area (TPSA) is 97.1 Å². The van der Waals surface area contributed by atoms with Crippen LogP contribution in [-0.4, -0.2) is 21.8 Å². The van der Waals surface area contributed by atoms with Crippen molar-refractivity contribution in [1.29, 1.82) is 0 Å². The number of hydrogen-bond acceptors (Lipinski definition) is 6. The lowest BCUT2D eigenvalue weighted by molar-refractivity contribution is 0.0994. The minimum atomic E-state index is -0.410. The Bertz CT molecular complexity index is 1490. The largest absolute Gasteiger partial charge is 0.451 e. The number of nitrogens with zero attached hydrogens (tertiary/aromatic N) is 2. The van der Waals surface area contributed by atoms with Crippen molar-refractivity contribution in [1.82, 2.24) is 9.97 Å². The highest BCUT2D eigenvalue weighted by Crippen LogP contribution is 2.32. The molecule has 35 heavy (non-hydrogen) atoms. The molecule has 0 bridgehead atoms. The number of rotatable bonds is 7. The van der Waals surface area contributed by atoms with Crippen molar-refractivity contribution in [3.8, 4) is 0 Å². The standard InChI is InChI=1S/C27H20N4O3S/c32-25(18-9-2-1-3-10-18)30-21-12-5-6-13-22(21)31-26(33)24-20(17-35-27-28-15-8-16-29-27)19-11-4-7-14-23(19)34-24/h1-16H,17H2,(H,30,32)(H,31,33). The van der Waals surface area contributed by atoms with E-state index in [1.165, 1.54) is 11.8 Å². The summed E-state index contributed by atoms with van der Waals surface area (Å²) in [6.07, 6.45) is 3.36. The second-order valence-corrected chi connectivity index (χ2v) is 8.49. The van der Waals surface area contributed by atoms with Crippen LogP contribution in [0.4, 0.5) is 11.4 Å². The average molecular weight is 481 g/mol. The normalized spacial score (nSPS) is 10.7. The van der Waals surface area contributed by atoms with E-state index in [2.05, 4.69) is 20.6 Å². The zero-order valence-electron chi connectivity index (χ0n) is 18.5. The molecule has 0 saturated carbocycles. The fourth-order valence-corrected chi connectivity index (χ4v) is 4.42. The zero-order valence-corrected chi connectivity index (χ0v) is 19.3. The van der Waals surface area contributed by atoms with Crippen LogP contribution in [-0.2, 0) is 5.75 Å². The molecule has 0 spiro atoms. The molecule has 0 radical (unpaired) electrons. The molecule has 0 aliphatic rings. The van der Waals surface area contributed by atoms with Crippen molar-refractivity contribution >= 4 is 45.9 Å². The van der Waals surface area contributed by atoms with E-state index >= 15 is 0 Å². The molecule has 0 saturated heterocycles. The van der Waals surface area contributed by atoms with E-state index in [0.717, 1.165) is 10.9 Å². The van der Waals surface area contributed by atoms with Crippen LogP contribution in [0.5, 0.6) is 0 Å². The van der Waals surface area contributed by atoms with E-state index in [1.807, 2.05) is 30.3 Å². The SMILES string of the molecule is O=C(Nc1ccccc1NC(=O)c1oc2ccccc2c1CSc1ncccn1)c1ccccc1. The zero-order chi connectivity index (χ0) is 24.0. The molecule has 5 rings (SSSR count). The lowest BCUT2D eigenvalue weighted by atomic mass is 10.1. The van der Waals surface area contributed by atoms with Gasteiger partial charge in [-0.2, -0.15) is 0 Å². The second-order valence-electron chi connectivity index (χ2n) is 7.55. The Labute approximate surface area is 205 Å². The Morgan fingerprint density at radius 1 is 0.743 bits per heavy atom. The first-order chi connectivity index (χ1) is 17.2. The van der Waals surface area contributed by atoms with Gasteiger partial charge in [0.2, 0.25) is 0 Å². The van der Waals surface area contributed by atoms with Crippen molar-refractivity contribution in [3.05, 3.63) is 114 Å². The molecule has 5 aromatic rings. The molecule has 2 N–H and O–H groups in total. The average Bonchev–Trinajstić information content (AvgIpc) is 3.28. The van der Waals surface area contributed by atoms with Gasteiger partial charge in [-0.15, -0.1) is 0 Å². The second kappa shape index (κ2) is 10.2. The van der Waals surface area contributed by atoms with Crippen molar-refractivity contribution in [2.24, 2.45) is 0 Å². The van der Waals surface area contributed by atoms with Gasteiger partial charge in [-0.1, -0.05) is 60.3 Å². The number of thioether (sulfide) groups is 1. The summed E-state index contributed by atoms with van der Waals surface area (Å²) < 4.78 is 5.96. The molecular formula is C27H20N4O3S. The van der Waals surface area contributed by atoms with Crippen molar-refractivity contribution in [3.63, 3.8) is 0 Å². The lowest BCUT2D eigenvalue weighted by Crippen LogP contribution is -2.17. The lowest BCUT2D eigenvalue weighted by Gasteiger charge is -2.12. The van der Waals surface area contributed by atoms with E-state index in [4.69, 9.17) is 4.42 Å². The number of para-hydroxylation sites is 3. The highest BCUT2D eigenvalue weighted by atomic mass is 32.2. The minimum absolute atomic E-state index is 0.207. The molecule has 0 unspecified atom stereocenters. The Kier molecular flexibility index (Phi) is 6.54. The smallest absolute Gasteiger partial charge is 0.291 e. The van der Waals surface area contributed by atoms with Crippen LogP contribution in [0.1, 0.15) is 26.5 Å². The maximum absolute atomic E-state index is 13.4. The summed E-state index contributed by atoms with van der Waals surface area (Å²) >= 11 is 1.42. The number of hydrogen-bond donors (Lipinski definition) is 2. The third-order valence-corrected chi connectivity index (χ3v) is 6.15. The number of carbonyl (C=O) groups is 2. The molecule has 0 aliphatic carbocycles. The van der Waals surface area contributed by atoms with Gasteiger partial charge in [-0.05, 0) is 36.4 Å². The summed E-state index contributed by atoms with van der Waals surface area (Å²) in [6.45, 7) is 0. The number of benzene rings is 3. The Balaban J connectivity index is 1.41. The molecule has 2 aromatic heterocycles. The fourth-order valence-electron chi connectivity index (χ4n) is 3.59. The maximum Gasteiger partial charge on any atom is 0.291 e. The van der Waals surface area contributed by atoms with Crippen LogP contribution in [0.15, 0.2) is 107 Å². The van der Waals surface area contributed by atoms with Crippen LogP contribution in [0, 0.1) is 0 Å². The highest BCUT2D eigenvalue weighted by Gasteiger charge is 2.22. The molecule has 0 aliphatic heterocycles. The molecule has 7 nitrogen and oxygen atoms in total. The van der Waals surface area contributed by atoms with Gasteiger partial charge < -0.3 is 15.1 Å². The Hall–Kier alpha value is -4.43. The van der Waals surface area contributed by atoms with Crippen molar-refractivity contribution < 1.29 is 14.0 Å². The van der Waals surface area contributed by atoms with Crippen LogP contribution < -0.4 is 10.6 Å². The van der Waals surface area contributed by atoms with Gasteiger partial charge in [-0.25, -0.2) is 9.97 Å². The third kappa shape index (κ3) is 5.07. The van der Waals surface area contributed by atoms with Crippen molar-refractivity contribution in [2.45, 2.75) is 10.9 Å². The van der Waals surface area contributed by atoms with Gasteiger partial charge in [0.25, 0.3) is 11.8 Å². The van der Waals surface area contributed by atoms with Gasteiger partial charge >= 0.3 is 0 Å². The third-order valence-electron chi connectivity index (χ3n) is 5.25. The number of furan rings is 1. The summed E-state index contributed by atoms with van der Waals surface area (Å²) in [6, 6.07) is 25.2. The predicted octanol–water partition coefficient (Wildman–Crippen LogP) is 6.02. The van der Waals surface area contributed by atoms with E-state index in [-0.39, 0.29) is 11.7 Å². The first kappa shape index (κ1) is 22.4. The monoisotopic (exact) mass is 480 g/mol. The number of carbonyl (C=O) groups excluding carboxylic acids is 2. The fraction of sp³-hybridized carbons (Fsp3) is 0.0370. The van der Waals surface area contributed by atoms with E-state index in [0.29, 0.717) is 33.4 Å². The Morgan fingerprint density at radius 3 is 2.11 bits per heavy atom. The van der Waals surface area contributed by atoms with Crippen LogP contribution in [0.2, 0.25) is 0 Å². The molecule has 8 heteroatoms. The molecule has 172 valence electrons. The first-order valence-corrected chi connectivity index (χ1v) is 11.8. The van der Waals surface area contributed by atoms with Crippen LogP contribution >= 0.6 is 11.8 Å². The Morgan fingerprint density at radius 2 is 1.37 bits per heavy atom. The molecule has 3 aromatic carbocycles. The van der Waals surface area contributed by atoms with E-state index in [1.54, 1.807) is 67.0 Å². The van der Waals surface area contributed by atoms with Gasteiger partial charge in [0, 0.05) is 34.7 Å².